The van der Waals surface area contributed by atoms with E-state index in [1.54, 1.807) is 18.9 Å². The topological polar surface area (TPSA) is 62.3 Å². The molecule has 1 aromatic carbocycles. The molecule has 0 bridgehead atoms. The average Bonchev–Trinajstić information content (AvgIpc) is 2.77. The molecule has 1 atom stereocenters. The Kier molecular flexibility index (Phi) is 3.85. The summed E-state index contributed by atoms with van der Waals surface area (Å²) in [5, 5.41) is 4.63. The fourth-order valence-corrected chi connectivity index (χ4v) is 2.04. The maximum atomic E-state index is 5.91. The summed E-state index contributed by atoms with van der Waals surface area (Å²) >= 11 is 5.91. The number of halogens is 1. The largest absolute Gasteiger partial charge is 0.493 e. The Balaban J connectivity index is 2.39. The number of ether oxygens (including phenoxy) is 2. The molecule has 0 radical (unpaired) electrons. The van der Waals surface area contributed by atoms with Crippen molar-refractivity contribution < 1.29 is 9.47 Å². The molecule has 0 saturated carbocycles. The first-order chi connectivity index (χ1) is 9.08. The summed E-state index contributed by atoms with van der Waals surface area (Å²) < 4.78 is 12.2. The zero-order valence-corrected chi connectivity index (χ0v) is 11.8. The van der Waals surface area contributed by atoms with E-state index in [0.717, 1.165) is 5.56 Å². The third-order valence-electron chi connectivity index (χ3n) is 3.04. The lowest BCUT2D eigenvalue weighted by Crippen LogP contribution is -2.11. The second kappa shape index (κ2) is 5.40. The molecule has 19 heavy (non-hydrogen) atoms. The van der Waals surface area contributed by atoms with Crippen molar-refractivity contribution in [2.45, 2.75) is 13.0 Å². The Bertz CT molecular complexity index is 583. The van der Waals surface area contributed by atoms with Crippen molar-refractivity contribution in [3.8, 4) is 11.5 Å². The quantitative estimate of drug-likeness (QED) is 0.936. The smallest absolute Gasteiger partial charge is 0.161 e. The Morgan fingerprint density at radius 2 is 1.95 bits per heavy atom. The molecule has 2 aromatic rings. The van der Waals surface area contributed by atoms with Crippen LogP contribution in [0.3, 0.4) is 0 Å². The first-order valence-electron chi connectivity index (χ1n) is 5.79. The number of anilines is 1. The molecule has 2 rings (SSSR count). The van der Waals surface area contributed by atoms with Gasteiger partial charge in [0.2, 0.25) is 0 Å². The van der Waals surface area contributed by atoms with Gasteiger partial charge in [0.1, 0.15) is 10.8 Å². The number of hydrogen-bond donors (Lipinski definition) is 1. The third-order valence-corrected chi connectivity index (χ3v) is 3.34. The monoisotopic (exact) mass is 281 g/mol. The molecule has 0 aliphatic heterocycles. The second-order valence-electron chi connectivity index (χ2n) is 4.11. The molecule has 0 aliphatic rings. The highest BCUT2D eigenvalue weighted by Gasteiger charge is 2.15. The number of nitrogen functional groups attached to an aromatic ring is 1. The molecule has 102 valence electrons. The highest BCUT2D eigenvalue weighted by Crippen LogP contribution is 2.32. The van der Waals surface area contributed by atoms with Crippen LogP contribution in [0.4, 0.5) is 5.82 Å². The predicted octanol–water partition coefficient (Wildman–Crippen LogP) is 2.75. The first-order valence-corrected chi connectivity index (χ1v) is 6.16. The van der Waals surface area contributed by atoms with Crippen molar-refractivity contribution in [1.82, 2.24) is 9.78 Å². The van der Waals surface area contributed by atoms with Crippen LogP contribution < -0.4 is 15.2 Å². The van der Waals surface area contributed by atoms with Crippen molar-refractivity contribution in [1.29, 1.82) is 0 Å². The van der Waals surface area contributed by atoms with E-state index in [1.807, 2.05) is 25.1 Å². The van der Waals surface area contributed by atoms with Crippen LogP contribution in [0.15, 0.2) is 24.4 Å². The molecule has 0 fully saturated rings. The minimum absolute atomic E-state index is 0.0488. The van der Waals surface area contributed by atoms with Gasteiger partial charge < -0.3 is 15.2 Å². The number of rotatable bonds is 4. The lowest BCUT2D eigenvalue weighted by molar-refractivity contribution is 0.354. The molecule has 0 amide bonds. The van der Waals surface area contributed by atoms with Gasteiger partial charge in [0.25, 0.3) is 0 Å². The summed E-state index contributed by atoms with van der Waals surface area (Å²) in [6.07, 6.45) is 1.54. The SMILES string of the molecule is COc1ccc(C(C)n2ncc(Cl)c2N)cc1OC. The van der Waals surface area contributed by atoms with Gasteiger partial charge in [-0.25, -0.2) is 4.68 Å². The summed E-state index contributed by atoms with van der Waals surface area (Å²) in [4.78, 5) is 0. The maximum Gasteiger partial charge on any atom is 0.161 e. The van der Waals surface area contributed by atoms with Crippen molar-refractivity contribution in [2.75, 3.05) is 20.0 Å². The van der Waals surface area contributed by atoms with Crippen LogP contribution in [0.2, 0.25) is 5.02 Å². The van der Waals surface area contributed by atoms with Gasteiger partial charge in [0, 0.05) is 0 Å². The molecule has 1 aromatic heterocycles. The summed E-state index contributed by atoms with van der Waals surface area (Å²) in [5.41, 5.74) is 6.88. The average molecular weight is 282 g/mol. The van der Waals surface area contributed by atoms with Crippen molar-refractivity contribution in [3.63, 3.8) is 0 Å². The van der Waals surface area contributed by atoms with Gasteiger partial charge in [0.15, 0.2) is 11.5 Å². The summed E-state index contributed by atoms with van der Waals surface area (Å²) in [5.74, 6) is 1.80. The fourth-order valence-electron chi connectivity index (χ4n) is 1.91. The Labute approximate surface area is 116 Å². The number of methoxy groups -OCH3 is 2. The Morgan fingerprint density at radius 1 is 1.26 bits per heavy atom. The second-order valence-corrected chi connectivity index (χ2v) is 4.52. The zero-order valence-electron chi connectivity index (χ0n) is 11.1. The van der Waals surface area contributed by atoms with Gasteiger partial charge >= 0.3 is 0 Å². The van der Waals surface area contributed by atoms with Crippen molar-refractivity contribution in [2.24, 2.45) is 0 Å². The van der Waals surface area contributed by atoms with E-state index in [1.165, 1.54) is 6.20 Å². The van der Waals surface area contributed by atoms with Crippen LogP contribution in [-0.2, 0) is 0 Å². The zero-order chi connectivity index (χ0) is 14.0. The highest BCUT2D eigenvalue weighted by molar-refractivity contribution is 6.32. The number of benzene rings is 1. The normalized spacial score (nSPS) is 12.2. The number of nitrogens with two attached hydrogens (primary N) is 1. The van der Waals surface area contributed by atoms with Gasteiger partial charge in [0.05, 0.1) is 26.5 Å². The molecule has 0 aliphatic carbocycles. The van der Waals surface area contributed by atoms with E-state index in [9.17, 15) is 0 Å². The number of aromatic nitrogens is 2. The van der Waals surface area contributed by atoms with E-state index in [-0.39, 0.29) is 6.04 Å². The van der Waals surface area contributed by atoms with Crippen molar-refractivity contribution >= 4 is 17.4 Å². The Hall–Kier alpha value is -1.88. The van der Waals surface area contributed by atoms with E-state index >= 15 is 0 Å². The van der Waals surface area contributed by atoms with E-state index in [2.05, 4.69) is 5.10 Å². The summed E-state index contributed by atoms with van der Waals surface area (Å²) in [6.45, 7) is 1.99. The van der Waals surface area contributed by atoms with Gasteiger partial charge in [-0.2, -0.15) is 5.10 Å². The summed E-state index contributed by atoms with van der Waals surface area (Å²) in [7, 11) is 3.21. The molecule has 2 N–H and O–H groups in total. The molecule has 6 heteroatoms. The van der Waals surface area contributed by atoms with Crippen LogP contribution >= 0.6 is 11.6 Å². The lowest BCUT2D eigenvalue weighted by Gasteiger charge is -2.16. The first kappa shape index (κ1) is 13.5. The van der Waals surface area contributed by atoms with Crippen LogP contribution in [0, 0.1) is 0 Å². The molecule has 0 spiro atoms. The Morgan fingerprint density at radius 3 is 2.47 bits per heavy atom. The summed E-state index contributed by atoms with van der Waals surface area (Å²) in [6, 6.07) is 5.65. The van der Waals surface area contributed by atoms with Crippen molar-refractivity contribution in [3.05, 3.63) is 35.0 Å². The molecule has 0 saturated heterocycles. The molecular weight excluding hydrogens is 266 g/mol. The molecule has 1 unspecified atom stereocenters. The molecule has 1 heterocycles. The highest BCUT2D eigenvalue weighted by atomic mass is 35.5. The van der Waals surface area contributed by atoms with Crippen LogP contribution in [0.1, 0.15) is 18.5 Å². The van der Waals surface area contributed by atoms with Crippen LogP contribution in [0.5, 0.6) is 11.5 Å². The predicted molar refractivity (Wildman–Crippen MR) is 75.0 cm³/mol. The number of nitrogens with zero attached hydrogens (tertiary/aromatic N) is 2. The van der Waals surface area contributed by atoms with Crippen LogP contribution in [0.25, 0.3) is 0 Å². The standard InChI is InChI=1S/C13H16ClN3O2/c1-8(17-13(15)10(14)7-16-17)9-4-5-11(18-2)12(6-9)19-3/h4-8H,15H2,1-3H3. The molecule has 5 nitrogen and oxygen atoms in total. The minimum Gasteiger partial charge on any atom is -0.493 e. The van der Waals surface area contributed by atoms with Gasteiger partial charge in [-0.15, -0.1) is 0 Å². The molecular formula is C13H16ClN3O2. The van der Waals surface area contributed by atoms with E-state index < -0.39 is 0 Å². The lowest BCUT2D eigenvalue weighted by atomic mass is 10.1. The fraction of sp³-hybridized carbons (Fsp3) is 0.308. The van der Waals surface area contributed by atoms with E-state index in [4.69, 9.17) is 26.8 Å². The minimum atomic E-state index is -0.0488. The van der Waals surface area contributed by atoms with Gasteiger partial charge in [-0.05, 0) is 24.6 Å². The third kappa shape index (κ3) is 2.46. The van der Waals surface area contributed by atoms with Gasteiger partial charge in [-0.3, -0.25) is 0 Å². The van der Waals surface area contributed by atoms with Gasteiger partial charge in [-0.1, -0.05) is 17.7 Å². The number of hydrogen-bond acceptors (Lipinski definition) is 4. The van der Waals surface area contributed by atoms with E-state index in [0.29, 0.717) is 22.3 Å². The maximum absolute atomic E-state index is 5.91. The van der Waals surface area contributed by atoms with Crippen LogP contribution in [-0.4, -0.2) is 24.0 Å².